The van der Waals surface area contributed by atoms with Crippen LogP contribution in [0.25, 0.3) is 0 Å². The van der Waals surface area contributed by atoms with Crippen LogP contribution in [-0.4, -0.2) is 11.9 Å². The molecule has 0 aliphatic carbocycles. The predicted octanol–water partition coefficient (Wildman–Crippen LogP) is 4.19. The van der Waals surface area contributed by atoms with E-state index in [-0.39, 0.29) is 6.04 Å². The lowest BCUT2D eigenvalue weighted by atomic mass is 10.0. The van der Waals surface area contributed by atoms with Crippen LogP contribution >= 0.6 is 0 Å². The summed E-state index contributed by atoms with van der Waals surface area (Å²) in [6.45, 7) is 5.86. The molecule has 1 aromatic rings. The lowest BCUT2D eigenvalue weighted by Crippen LogP contribution is -2.33. The highest BCUT2D eigenvalue weighted by Crippen LogP contribution is 2.19. The van der Waals surface area contributed by atoms with Crippen LogP contribution in [0.3, 0.4) is 0 Å². The van der Waals surface area contributed by atoms with Gasteiger partial charge in [0.1, 0.15) is 0 Å². The van der Waals surface area contributed by atoms with Gasteiger partial charge >= 0.3 is 0 Å². The molecule has 1 N–H and O–H groups in total. The summed E-state index contributed by atoms with van der Waals surface area (Å²) in [7, 11) is 0. The topological polar surface area (TPSA) is 29.1 Å². The second-order valence-corrected chi connectivity index (χ2v) is 5.55. The minimum Gasteiger partial charge on any atom is -0.349 e. The molecule has 6 heteroatoms. The average molecular weight is 305 g/mol. The van der Waals surface area contributed by atoms with E-state index in [0.29, 0.717) is 18.4 Å². The maximum atomic E-state index is 13.5. The van der Waals surface area contributed by atoms with E-state index in [9.17, 15) is 22.4 Å². The predicted molar refractivity (Wildman–Crippen MR) is 71.9 cm³/mol. The Morgan fingerprint density at radius 3 is 2.24 bits per heavy atom. The van der Waals surface area contributed by atoms with Crippen LogP contribution in [0.1, 0.15) is 50.4 Å². The van der Waals surface area contributed by atoms with E-state index in [0.717, 1.165) is 12.8 Å². The Bertz CT molecular complexity index is 517. The SMILES string of the molecule is CC(C)CCCC(C)NC(=O)c1cc(F)c(F)c(F)c1F. The number of benzene rings is 1. The molecule has 1 unspecified atom stereocenters. The third-order valence-electron chi connectivity index (χ3n) is 3.14. The molecular weight excluding hydrogens is 286 g/mol. The van der Waals surface area contributed by atoms with Crippen LogP contribution < -0.4 is 5.32 Å². The fraction of sp³-hybridized carbons (Fsp3) is 0.533. The molecule has 0 aliphatic heterocycles. The van der Waals surface area contributed by atoms with E-state index in [4.69, 9.17) is 0 Å². The molecule has 21 heavy (non-hydrogen) atoms. The lowest BCUT2D eigenvalue weighted by Gasteiger charge is -2.15. The molecule has 0 saturated carbocycles. The summed E-state index contributed by atoms with van der Waals surface area (Å²) in [6.07, 6.45) is 2.51. The molecule has 1 rings (SSSR count). The van der Waals surface area contributed by atoms with Gasteiger partial charge in [-0.05, 0) is 25.3 Å². The molecule has 2 nitrogen and oxygen atoms in total. The fourth-order valence-corrected chi connectivity index (χ4v) is 1.94. The molecule has 0 fully saturated rings. The molecule has 0 spiro atoms. The van der Waals surface area contributed by atoms with Crippen LogP contribution in [0.4, 0.5) is 17.6 Å². The maximum Gasteiger partial charge on any atom is 0.254 e. The maximum absolute atomic E-state index is 13.5. The van der Waals surface area contributed by atoms with Gasteiger partial charge in [0.25, 0.3) is 5.91 Å². The standard InChI is InChI=1S/C15H19F4NO/c1-8(2)5-4-6-9(3)20-15(21)10-7-11(16)13(18)14(19)12(10)17/h7-9H,4-6H2,1-3H3,(H,20,21). The van der Waals surface area contributed by atoms with E-state index in [2.05, 4.69) is 19.2 Å². The van der Waals surface area contributed by atoms with E-state index in [1.165, 1.54) is 0 Å². The van der Waals surface area contributed by atoms with Gasteiger partial charge in [0.15, 0.2) is 23.3 Å². The Morgan fingerprint density at radius 2 is 1.67 bits per heavy atom. The zero-order chi connectivity index (χ0) is 16.2. The highest BCUT2D eigenvalue weighted by Gasteiger charge is 2.23. The normalized spacial score (nSPS) is 12.6. The third kappa shape index (κ3) is 4.72. The van der Waals surface area contributed by atoms with Crippen molar-refractivity contribution in [2.75, 3.05) is 0 Å². The van der Waals surface area contributed by atoms with Crippen molar-refractivity contribution in [3.05, 3.63) is 34.9 Å². The van der Waals surface area contributed by atoms with Crippen molar-refractivity contribution in [3.63, 3.8) is 0 Å². The summed E-state index contributed by atoms with van der Waals surface area (Å²) in [6, 6.07) is 0.0935. The number of halogens is 4. The van der Waals surface area contributed by atoms with Crippen molar-refractivity contribution in [1.82, 2.24) is 5.32 Å². The third-order valence-corrected chi connectivity index (χ3v) is 3.14. The molecule has 0 saturated heterocycles. The van der Waals surface area contributed by atoms with Gasteiger partial charge in [-0.1, -0.05) is 26.7 Å². The molecule has 0 aromatic heterocycles. The minimum atomic E-state index is -1.98. The molecular formula is C15H19F4NO. The molecule has 0 bridgehead atoms. The number of carbonyl (C=O) groups excluding carboxylic acids is 1. The molecule has 1 aromatic carbocycles. The van der Waals surface area contributed by atoms with E-state index >= 15 is 0 Å². The summed E-state index contributed by atoms with van der Waals surface area (Å²) < 4.78 is 52.4. The van der Waals surface area contributed by atoms with Gasteiger partial charge < -0.3 is 5.32 Å². The highest BCUT2D eigenvalue weighted by atomic mass is 19.2. The van der Waals surface area contributed by atoms with Crippen LogP contribution in [0.15, 0.2) is 6.07 Å². The van der Waals surface area contributed by atoms with Gasteiger partial charge in [-0.15, -0.1) is 0 Å². The number of nitrogens with one attached hydrogen (secondary N) is 1. The summed E-state index contributed by atoms with van der Waals surface area (Å²) >= 11 is 0. The fourth-order valence-electron chi connectivity index (χ4n) is 1.94. The number of amides is 1. The van der Waals surface area contributed by atoms with E-state index in [1.807, 2.05) is 0 Å². The van der Waals surface area contributed by atoms with E-state index < -0.39 is 34.7 Å². The zero-order valence-corrected chi connectivity index (χ0v) is 12.3. The van der Waals surface area contributed by atoms with Crippen molar-refractivity contribution in [2.24, 2.45) is 5.92 Å². The van der Waals surface area contributed by atoms with Gasteiger partial charge in [-0.3, -0.25) is 4.79 Å². The van der Waals surface area contributed by atoms with Crippen LogP contribution in [0.5, 0.6) is 0 Å². The number of hydrogen-bond acceptors (Lipinski definition) is 1. The summed E-state index contributed by atoms with van der Waals surface area (Å²) in [4.78, 5) is 11.8. The summed E-state index contributed by atoms with van der Waals surface area (Å²) in [5.74, 6) is -7.60. The first-order valence-corrected chi connectivity index (χ1v) is 6.87. The Kier molecular flexibility index (Phi) is 6.18. The number of rotatable bonds is 6. The Hall–Kier alpha value is -1.59. The van der Waals surface area contributed by atoms with Crippen LogP contribution in [0.2, 0.25) is 0 Å². The van der Waals surface area contributed by atoms with Gasteiger partial charge in [0.05, 0.1) is 5.56 Å². The first-order valence-electron chi connectivity index (χ1n) is 6.87. The minimum absolute atomic E-state index is 0.271. The second kappa shape index (κ2) is 7.43. The summed E-state index contributed by atoms with van der Waals surface area (Å²) in [5.41, 5.74) is -0.831. The second-order valence-electron chi connectivity index (χ2n) is 5.55. The Balaban J connectivity index is 2.72. The monoisotopic (exact) mass is 305 g/mol. The molecule has 118 valence electrons. The zero-order valence-electron chi connectivity index (χ0n) is 12.3. The first kappa shape index (κ1) is 17.5. The highest BCUT2D eigenvalue weighted by molar-refractivity contribution is 5.94. The van der Waals surface area contributed by atoms with Crippen molar-refractivity contribution >= 4 is 5.91 Å². The van der Waals surface area contributed by atoms with Crippen LogP contribution in [-0.2, 0) is 0 Å². The first-order chi connectivity index (χ1) is 9.73. The van der Waals surface area contributed by atoms with Crippen LogP contribution in [0, 0.1) is 29.2 Å². The largest absolute Gasteiger partial charge is 0.349 e. The molecule has 1 atom stereocenters. The van der Waals surface area contributed by atoms with Gasteiger partial charge in [0.2, 0.25) is 0 Å². The summed E-state index contributed by atoms with van der Waals surface area (Å²) in [5, 5.41) is 2.45. The number of carbonyl (C=O) groups is 1. The van der Waals surface area contributed by atoms with Crippen molar-refractivity contribution < 1.29 is 22.4 Å². The van der Waals surface area contributed by atoms with E-state index in [1.54, 1.807) is 6.92 Å². The molecule has 0 aliphatic rings. The van der Waals surface area contributed by atoms with Crippen molar-refractivity contribution in [1.29, 1.82) is 0 Å². The van der Waals surface area contributed by atoms with Gasteiger partial charge in [-0.2, -0.15) is 0 Å². The Labute approximate surface area is 121 Å². The Morgan fingerprint density at radius 1 is 1.05 bits per heavy atom. The van der Waals surface area contributed by atoms with Crippen molar-refractivity contribution in [3.8, 4) is 0 Å². The van der Waals surface area contributed by atoms with Gasteiger partial charge in [-0.25, -0.2) is 17.6 Å². The lowest BCUT2D eigenvalue weighted by molar-refractivity contribution is 0.0931. The molecule has 1 amide bonds. The molecule has 0 radical (unpaired) electrons. The van der Waals surface area contributed by atoms with Gasteiger partial charge in [0, 0.05) is 6.04 Å². The number of hydrogen-bond donors (Lipinski definition) is 1. The molecule has 0 heterocycles. The van der Waals surface area contributed by atoms with Crippen molar-refractivity contribution in [2.45, 2.75) is 46.1 Å². The quantitative estimate of drug-likeness (QED) is 0.476. The average Bonchev–Trinajstić information content (AvgIpc) is 2.39. The smallest absolute Gasteiger partial charge is 0.254 e.